The zero-order valence-corrected chi connectivity index (χ0v) is 17.5. The fraction of sp³-hybridized carbons (Fsp3) is 0.714. The van der Waals surface area contributed by atoms with E-state index in [-0.39, 0.29) is 4.75 Å². The number of benzene rings is 1. The predicted octanol–water partition coefficient (Wildman–Crippen LogP) is 5.44. The van der Waals surface area contributed by atoms with E-state index in [1.807, 2.05) is 20.8 Å². The van der Waals surface area contributed by atoms with Crippen LogP contribution in [0, 0.1) is 0 Å². The lowest BCUT2D eigenvalue weighted by Gasteiger charge is -2.17. The number of aryl methyl sites for hydroxylation is 1. The summed E-state index contributed by atoms with van der Waals surface area (Å²) in [4.78, 5) is 0. The first-order valence-corrected chi connectivity index (χ1v) is 11.1. The summed E-state index contributed by atoms with van der Waals surface area (Å²) >= 11 is 0. The number of unbranched alkanes of at least 4 members (excludes halogenated alkanes) is 5. The minimum absolute atomic E-state index is 0.167. The van der Waals surface area contributed by atoms with Crippen molar-refractivity contribution in [3.63, 3.8) is 0 Å². The molecule has 0 aliphatic heterocycles. The summed E-state index contributed by atoms with van der Waals surface area (Å²) in [6.07, 6.45) is 9.74. The van der Waals surface area contributed by atoms with Gasteiger partial charge in [0.05, 0.1) is 15.7 Å². The fourth-order valence-corrected chi connectivity index (χ4v) is 3.33. The highest BCUT2D eigenvalue weighted by molar-refractivity contribution is 7.84. The van der Waals surface area contributed by atoms with Crippen LogP contribution in [0.5, 0.6) is 0 Å². The molecular weight excluding hydrogens is 328 g/mol. The monoisotopic (exact) mass is 366 g/mol. The second-order valence-corrected chi connectivity index (χ2v) is 9.82. The fourth-order valence-electron chi connectivity index (χ4n) is 2.56. The van der Waals surface area contributed by atoms with Crippen LogP contribution in [-0.2, 0) is 17.4 Å². The minimum atomic E-state index is -0.933. The van der Waals surface area contributed by atoms with E-state index in [1.54, 1.807) is 0 Å². The molecule has 0 aromatic heterocycles. The molecule has 1 unspecified atom stereocenters. The van der Waals surface area contributed by atoms with Gasteiger partial charge in [0.25, 0.3) is 0 Å². The van der Waals surface area contributed by atoms with Gasteiger partial charge in [0.2, 0.25) is 0 Å². The molecule has 144 valence electrons. The zero-order valence-electron chi connectivity index (χ0n) is 16.7. The first-order chi connectivity index (χ1) is 11.9. The van der Waals surface area contributed by atoms with Gasteiger partial charge >= 0.3 is 0 Å². The van der Waals surface area contributed by atoms with E-state index in [1.165, 1.54) is 56.2 Å². The molecule has 1 aromatic carbocycles. The van der Waals surface area contributed by atoms with Gasteiger partial charge in [-0.2, -0.15) is 0 Å². The van der Waals surface area contributed by atoms with Crippen LogP contribution in [-0.4, -0.2) is 22.0 Å². The molecule has 0 bridgehead atoms. The Balaban J connectivity index is 1.99. The Morgan fingerprint density at radius 1 is 0.880 bits per heavy atom. The largest absolute Gasteiger partial charge is 0.385 e. The smallest absolute Gasteiger partial charge is 0.0970 e. The lowest BCUT2D eigenvalue weighted by molar-refractivity contribution is 0.603. The Kier molecular flexibility index (Phi) is 11.1. The second-order valence-electron chi connectivity index (χ2n) is 7.77. The maximum absolute atomic E-state index is 11.8. The van der Waals surface area contributed by atoms with E-state index < -0.39 is 11.0 Å². The van der Waals surface area contributed by atoms with Gasteiger partial charge in [-0.15, -0.1) is 0 Å². The minimum Gasteiger partial charge on any atom is -0.385 e. The summed E-state index contributed by atoms with van der Waals surface area (Å²) < 4.78 is 14.8. The maximum atomic E-state index is 11.8. The van der Waals surface area contributed by atoms with Crippen molar-refractivity contribution in [1.29, 1.82) is 0 Å². The lowest BCUT2D eigenvalue weighted by atomic mass is 10.1. The topological polar surface area (TPSA) is 41.1 Å². The molecule has 1 atom stereocenters. The third kappa shape index (κ3) is 10.7. The standard InChI is InChI=1S/C21H38N2OS/c1-5-6-12-19-13-15-20(16-14-19)22-17-10-8-7-9-11-18-23-25(24)21(2,3)4/h13-16,22-23H,5-12,17-18H2,1-4H3. The first-order valence-electron chi connectivity index (χ1n) is 9.91. The van der Waals surface area contributed by atoms with Gasteiger partial charge in [0, 0.05) is 18.8 Å². The van der Waals surface area contributed by atoms with E-state index in [0.29, 0.717) is 0 Å². The Hall–Kier alpha value is -0.870. The van der Waals surface area contributed by atoms with Gasteiger partial charge in [0.15, 0.2) is 0 Å². The van der Waals surface area contributed by atoms with Crippen molar-refractivity contribution in [1.82, 2.24) is 4.72 Å². The molecule has 1 aromatic rings. The zero-order chi connectivity index (χ0) is 18.5. The summed E-state index contributed by atoms with van der Waals surface area (Å²) in [5.41, 5.74) is 2.67. The molecule has 0 radical (unpaired) electrons. The summed E-state index contributed by atoms with van der Waals surface area (Å²) in [5.74, 6) is 0. The molecule has 25 heavy (non-hydrogen) atoms. The van der Waals surface area contributed by atoms with Crippen molar-refractivity contribution in [3.05, 3.63) is 29.8 Å². The summed E-state index contributed by atoms with van der Waals surface area (Å²) in [6, 6.07) is 8.89. The summed E-state index contributed by atoms with van der Waals surface area (Å²) in [5, 5.41) is 3.51. The predicted molar refractivity (Wildman–Crippen MR) is 113 cm³/mol. The van der Waals surface area contributed by atoms with Gasteiger partial charge in [0.1, 0.15) is 0 Å². The number of nitrogens with one attached hydrogen (secondary N) is 2. The molecule has 0 aliphatic carbocycles. The van der Waals surface area contributed by atoms with Crippen LogP contribution in [0.1, 0.15) is 78.2 Å². The Morgan fingerprint density at radius 3 is 2.08 bits per heavy atom. The van der Waals surface area contributed by atoms with Crippen LogP contribution < -0.4 is 10.0 Å². The SMILES string of the molecule is CCCCc1ccc(NCCCCCCCNS(=O)C(C)(C)C)cc1. The molecule has 0 fully saturated rings. The van der Waals surface area contributed by atoms with Gasteiger partial charge in [-0.05, 0) is 64.2 Å². The lowest BCUT2D eigenvalue weighted by Crippen LogP contribution is -2.33. The van der Waals surface area contributed by atoms with Gasteiger partial charge in [-0.25, -0.2) is 8.93 Å². The van der Waals surface area contributed by atoms with Crippen molar-refractivity contribution in [2.45, 2.75) is 83.8 Å². The number of rotatable bonds is 13. The van der Waals surface area contributed by atoms with Crippen molar-refractivity contribution in [3.8, 4) is 0 Å². The summed E-state index contributed by atoms with van der Waals surface area (Å²) in [6.45, 7) is 10.1. The van der Waals surface area contributed by atoms with Crippen LogP contribution >= 0.6 is 0 Å². The van der Waals surface area contributed by atoms with E-state index >= 15 is 0 Å². The third-order valence-electron chi connectivity index (χ3n) is 4.24. The van der Waals surface area contributed by atoms with E-state index in [4.69, 9.17) is 0 Å². The molecule has 0 saturated heterocycles. The first kappa shape index (κ1) is 22.2. The number of anilines is 1. The molecule has 0 spiro atoms. The van der Waals surface area contributed by atoms with Crippen LogP contribution in [0.3, 0.4) is 0 Å². The quantitative estimate of drug-likeness (QED) is 0.456. The third-order valence-corrected chi connectivity index (χ3v) is 5.82. The highest BCUT2D eigenvalue weighted by atomic mass is 32.2. The summed E-state index contributed by atoms with van der Waals surface area (Å²) in [7, 11) is -0.933. The molecular formula is C21H38N2OS. The van der Waals surface area contributed by atoms with Crippen LogP contribution in [0.15, 0.2) is 24.3 Å². The van der Waals surface area contributed by atoms with Gasteiger partial charge in [-0.1, -0.05) is 44.7 Å². The van der Waals surface area contributed by atoms with Crippen LogP contribution in [0.2, 0.25) is 0 Å². The molecule has 3 nitrogen and oxygen atoms in total. The van der Waals surface area contributed by atoms with Gasteiger partial charge < -0.3 is 5.32 Å². The van der Waals surface area contributed by atoms with Gasteiger partial charge in [-0.3, -0.25) is 0 Å². The average molecular weight is 367 g/mol. The van der Waals surface area contributed by atoms with Crippen LogP contribution in [0.25, 0.3) is 0 Å². The normalized spacial score (nSPS) is 13.0. The van der Waals surface area contributed by atoms with E-state index in [2.05, 4.69) is 41.2 Å². The highest BCUT2D eigenvalue weighted by Gasteiger charge is 2.18. The molecule has 4 heteroatoms. The van der Waals surface area contributed by atoms with Crippen molar-refractivity contribution >= 4 is 16.7 Å². The Bertz CT molecular complexity index is 480. The highest BCUT2D eigenvalue weighted by Crippen LogP contribution is 2.12. The molecule has 1 rings (SSSR count). The van der Waals surface area contributed by atoms with Crippen molar-refractivity contribution < 1.29 is 4.21 Å². The number of hydrogen-bond acceptors (Lipinski definition) is 2. The molecule has 0 amide bonds. The van der Waals surface area contributed by atoms with Crippen LogP contribution in [0.4, 0.5) is 5.69 Å². The van der Waals surface area contributed by atoms with Crippen molar-refractivity contribution in [2.75, 3.05) is 18.4 Å². The average Bonchev–Trinajstić information content (AvgIpc) is 2.58. The maximum Gasteiger partial charge on any atom is 0.0970 e. The Labute approximate surface area is 158 Å². The second kappa shape index (κ2) is 12.5. The number of hydrogen-bond donors (Lipinski definition) is 2. The van der Waals surface area contributed by atoms with Crippen molar-refractivity contribution in [2.24, 2.45) is 0 Å². The van der Waals surface area contributed by atoms with E-state index in [9.17, 15) is 4.21 Å². The molecule has 0 heterocycles. The Morgan fingerprint density at radius 2 is 1.48 bits per heavy atom. The van der Waals surface area contributed by atoms with E-state index in [0.717, 1.165) is 19.5 Å². The molecule has 2 N–H and O–H groups in total. The molecule has 0 saturated carbocycles. The molecule has 0 aliphatic rings.